The van der Waals surface area contributed by atoms with Crippen LogP contribution < -0.4 is 4.74 Å². The summed E-state index contributed by atoms with van der Waals surface area (Å²) in [5.74, 6) is 1.11. The largest absolute Gasteiger partial charge is 0.494 e. The third kappa shape index (κ3) is 3.75. The molecule has 0 heterocycles. The second kappa shape index (κ2) is 7.32. The quantitative estimate of drug-likeness (QED) is 0.761. The first-order valence-electron chi connectivity index (χ1n) is 7.66. The van der Waals surface area contributed by atoms with Gasteiger partial charge in [-0.2, -0.15) is 0 Å². The number of esters is 1. The number of carbonyl (C=O) groups is 1. The summed E-state index contributed by atoms with van der Waals surface area (Å²) in [5, 5.41) is 0. The summed E-state index contributed by atoms with van der Waals surface area (Å²) in [5.41, 5.74) is 1.23. The first kappa shape index (κ1) is 14.9. The summed E-state index contributed by atoms with van der Waals surface area (Å²) in [4.78, 5) is 11.6. The molecule has 1 aromatic carbocycles. The summed E-state index contributed by atoms with van der Waals surface area (Å²) >= 11 is 0. The first-order valence-corrected chi connectivity index (χ1v) is 7.66. The lowest BCUT2D eigenvalue weighted by molar-refractivity contribution is -0.151. The van der Waals surface area contributed by atoms with Crippen molar-refractivity contribution in [3.05, 3.63) is 29.8 Å². The van der Waals surface area contributed by atoms with Gasteiger partial charge in [0, 0.05) is 12.3 Å². The number of hydrogen-bond acceptors (Lipinski definition) is 3. The van der Waals surface area contributed by atoms with Crippen LogP contribution in [0.25, 0.3) is 0 Å². The van der Waals surface area contributed by atoms with Crippen LogP contribution in [0.4, 0.5) is 0 Å². The smallest absolute Gasteiger partial charge is 0.305 e. The Kier molecular flexibility index (Phi) is 5.45. The molecule has 110 valence electrons. The summed E-state index contributed by atoms with van der Waals surface area (Å²) in [7, 11) is 0. The van der Waals surface area contributed by atoms with Gasteiger partial charge < -0.3 is 9.47 Å². The van der Waals surface area contributed by atoms with Crippen LogP contribution in [-0.4, -0.2) is 18.7 Å². The molecule has 2 atom stereocenters. The highest BCUT2D eigenvalue weighted by Gasteiger charge is 2.29. The van der Waals surface area contributed by atoms with Crippen LogP contribution in [0.15, 0.2) is 24.3 Å². The summed E-state index contributed by atoms with van der Waals surface area (Å²) in [6.45, 7) is 4.50. The maximum Gasteiger partial charge on any atom is 0.305 e. The fourth-order valence-electron chi connectivity index (χ4n) is 2.87. The highest BCUT2D eigenvalue weighted by atomic mass is 16.5. The molecule has 3 nitrogen and oxygen atoms in total. The molecular formula is C17H24O3. The molecule has 0 radical (unpaired) electrons. The lowest BCUT2D eigenvalue weighted by Crippen LogP contribution is -2.28. The van der Waals surface area contributed by atoms with Crippen molar-refractivity contribution >= 4 is 5.97 Å². The number of benzene rings is 1. The summed E-state index contributed by atoms with van der Waals surface area (Å²) in [6.07, 6.45) is 4.86. The minimum absolute atomic E-state index is 0.0214. The Balaban J connectivity index is 2.14. The number of carbonyl (C=O) groups excluding carboxylic acids is 1. The van der Waals surface area contributed by atoms with E-state index in [9.17, 15) is 4.79 Å². The van der Waals surface area contributed by atoms with E-state index in [0.29, 0.717) is 18.9 Å². The van der Waals surface area contributed by atoms with Gasteiger partial charge in [-0.25, -0.2) is 0 Å². The van der Waals surface area contributed by atoms with E-state index in [2.05, 4.69) is 12.1 Å². The molecule has 0 spiro atoms. The maximum atomic E-state index is 11.6. The minimum atomic E-state index is -0.0946. The Morgan fingerprint density at radius 1 is 1.25 bits per heavy atom. The van der Waals surface area contributed by atoms with Crippen molar-refractivity contribution in [3.8, 4) is 5.75 Å². The molecule has 1 saturated carbocycles. The van der Waals surface area contributed by atoms with Gasteiger partial charge in [-0.05, 0) is 43.9 Å². The fourth-order valence-corrected chi connectivity index (χ4v) is 2.87. The van der Waals surface area contributed by atoms with Gasteiger partial charge in [-0.15, -0.1) is 0 Å². The Bertz CT molecular complexity index is 442. The van der Waals surface area contributed by atoms with Crippen LogP contribution in [0.3, 0.4) is 0 Å². The topological polar surface area (TPSA) is 35.5 Å². The zero-order chi connectivity index (χ0) is 14.4. The van der Waals surface area contributed by atoms with Crippen molar-refractivity contribution in [1.29, 1.82) is 0 Å². The van der Waals surface area contributed by atoms with Crippen LogP contribution >= 0.6 is 0 Å². The van der Waals surface area contributed by atoms with Crippen molar-refractivity contribution in [2.45, 2.75) is 58.0 Å². The number of ether oxygens (including phenoxy) is 2. The van der Waals surface area contributed by atoms with E-state index in [1.807, 2.05) is 26.0 Å². The molecule has 2 rings (SSSR count). The predicted molar refractivity (Wildman–Crippen MR) is 79.0 cm³/mol. The SMILES string of the molecule is CCOc1cccc(C2CCCCC2OC(=O)CC)c1. The van der Waals surface area contributed by atoms with Crippen molar-refractivity contribution in [3.63, 3.8) is 0 Å². The molecule has 1 aliphatic rings. The van der Waals surface area contributed by atoms with E-state index in [0.717, 1.165) is 25.0 Å². The van der Waals surface area contributed by atoms with Crippen molar-refractivity contribution in [1.82, 2.24) is 0 Å². The molecule has 0 amide bonds. The van der Waals surface area contributed by atoms with Crippen molar-refractivity contribution in [2.75, 3.05) is 6.61 Å². The van der Waals surface area contributed by atoms with E-state index in [-0.39, 0.29) is 12.1 Å². The zero-order valence-electron chi connectivity index (χ0n) is 12.4. The second-order valence-electron chi connectivity index (χ2n) is 5.28. The van der Waals surface area contributed by atoms with Crippen LogP contribution in [0.1, 0.15) is 57.4 Å². The Morgan fingerprint density at radius 2 is 2.05 bits per heavy atom. The third-order valence-corrected chi connectivity index (χ3v) is 3.87. The molecule has 0 aromatic heterocycles. The molecule has 20 heavy (non-hydrogen) atoms. The third-order valence-electron chi connectivity index (χ3n) is 3.87. The monoisotopic (exact) mass is 276 g/mol. The maximum absolute atomic E-state index is 11.6. The zero-order valence-corrected chi connectivity index (χ0v) is 12.4. The molecule has 0 saturated heterocycles. The Hall–Kier alpha value is -1.51. The molecule has 2 unspecified atom stereocenters. The van der Waals surface area contributed by atoms with Gasteiger partial charge in [0.15, 0.2) is 0 Å². The van der Waals surface area contributed by atoms with E-state index in [4.69, 9.17) is 9.47 Å². The van der Waals surface area contributed by atoms with Crippen LogP contribution in [-0.2, 0) is 9.53 Å². The highest BCUT2D eigenvalue weighted by molar-refractivity contribution is 5.69. The second-order valence-corrected chi connectivity index (χ2v) is 5.28. The van der Waals surface area contributed by atoms with Gasteiger partial charge in [0.05, 0.1) is 6.61 Å². The average Bonchev–Trinajstić information content (AvgIpc) is 2.48. The van der Waals surface area contributed by atoms with Gasteiger partial charge in [0.1, 0.15) is 11.9 Å². The van der Waals surface area contributed by atoms with Gasteiger partial charge in [0.2, 0.25) is 0 Å². The predicted octanol–water partition coefficient (Wildman–Crippen LogP) is 4.06. The van der Waals surface area contributed by atoms with Crippen molar-refractivity contribution < 1.29 is 14.3 Å². The van der Waals surface area contributed by atoms with Gasteiger partial charge in [-0.3, -0.25) is 4.79 Å². The van der Waals surface area contributed by atoms with Crippen LogP contribution in [0.5, 0.6) is 5.75 Å². The van der Waals surface area contributed by atoms with Crippen LogP contribution in [0, 0.1) is 0 Å². The Labute approximate surface area is 121 Å². The molecule has 1 aliphatic carbocycles. The lowest BCUT2D eigenvalue weighted by atomic mass is 9.81. The number of rotatable bonds is 5. The Morgan fingerprint density at radius 3 is 2.80 bits per heavy atom. The van der Waals surface area contributed by atoms with Crippen LogP contribution in [0.2, 0.25) is 0 Å². The summed E-state index contributed by atoms with van der Waals surface area (Å²) < 4.78 is 11.2. The molecule has 0 N–H and O–H groups in total. The van der Waals surface area contributed by atoms with E-state index in [1.54, 1.807) is 0 Å². The molecule has 0 bridgehead atoms. The molecule has 1 fully saturated rings. The number of hydrogen-bond donors (Lipinski definition) is 0. The van der Waals surface area contributed by atoms with Gasteiger partial charge in [-0.1, -0.05) is 25.5 Å². The normalized spacial score (nSPS) is 22.3. The molecular weight excluding hydrogens is 252 g/mol. The average molecular weight is 276 g/mol. The first-order chi connectivity index (χ1) is 9.74. The molecule has 1 aromatic rings. The lowest BCUT2D eigenvalue weighted by Gasteiger charge is -2.31. The van der Waals surface area contributed by atoms with Crippen molar-refractivity contribution in [2.24, 2.45) is 0 Å². The summed E-state index contributed by atoms with van der Waals surface area (Å²) in [6, 6.07) is 8.20. The molecule has 0 aliphatic heterocycles. The van der Waals surface area contributed by atoms with Gasteiger partial charge >= 0.3 is 5.97 Å². The van der Waals surface area contributed by atoms with Gasteiger partial charge in [0.25, 0.3) is 0 Å². The molecule has 3 heteroatoms. The van der Waals surface area contributed by atoms with E-state index >= 15 is 0 Å². The standard InChI is InChI=1S/C17H24O3/c1-3-17(18)20-16-11-6-5-10-15(16)13-8-7-9-14(12-13)19-4-2/h7-9,12,15-16H,3-6,10-11H2,1-2H3. The minimum Gasteiger partial charge on any atom is -0.494 e. The van der Waals surface area contributed by atoms with E-state index < -0.39 is 0 Å². The highest BCUT2D eigenvalue weighted by Crippen LogP contribution is 2.36. The van der Waals surface area contributed by atoms with E-state index in [1.165, 1.54) is 12.0 Å². The fraction of sp³-hybridized carbons (Fsp3) is 0.588.